The number of anilines is 3. The fourth-order valence-corrected chi connectivity index (χ4v) is 3.38. The Morgan fingerprint density at radius 1 is 0.903 bits per heavy atom. The summed E-state index contributed by atoms with van der Waals surface area (Å²) in [5, 5.41) is 17.0. The van der Waals surface area contributed by atoms with Crippen LogP contribution in [0, 0.1) is 10.1 Å². The van der Waals surface area contributed by atoms with Crippen LogP contribution in [0.1, 0.15) is 24.2 Å². The highest BCUT2D eigenvalue weighted by atomic mass is 16.6. The molecule has 0 radical (unpaired) electrons. The lowest BCUT2D eigenvalue weighted by Crippen LogP contribution is -2.48. The van der Waals surface area contributed by atoms with Crippen molar-refractivity contribution in [1.29, 1.82) is 0 Å². The standard InChI is InChI=1S/C21H23N5O5/c1-14(27)22-17-4-6-18(7-5-17)23-21(29)16-3-8-19(20(13-16)26(30)31)25-11-9-24(10-12-25)15(2)28/h3-8,13H,9-12H2,1-2H3,(H,22,27)(H,23,29). The van der Waals surface area contributed by atoms with E-state index < -0.39 is 10.8 Å². The molecular weight excluding hydrogens is 402 g/mol. The average molecular weight is 425 g/mol. The van der Waals surface area contributed by atoms with Crippen LogP contribution in [0.3, 0.4) is 0 Å². The molecule has 10 nitrogen and oxygen atoms in total. The Morgan fingerprint density at radius 2 is 1.48 bits per heavy atom. The molecule has 2 N–H and O–H groups in total. The quantitative estimate of drug-likeness (QED) is 0.560. The summed E-state index contributed by atoms with van der Waals surface area (Å²) in [4.78, 5) is 49.8. The van der Waals surface area contributed by atoms with E-state index in [0.717, 1.165) is 0 Å². The summed E-state index contributed by atoms with van der Waals surface area (Å²) >= 11 is 0. The van der Waals surface area contributed by atoms with E-state index in [9.17, 15) is 24.5 Å². The van der Waals surface area contributed by atoms with Crippen molar-refractivity contribution in [3.05, 3.63) is 58.1 Å². The van der Waals surface area contributed by atoms with Gasteiger partial charge in [0.2, 0.25) is 11.8 Å². The third kappa shape index (κ3) is 5.35. The van der Waals surface area contributed by atoms with E-state index in [1.807, 2.05) is 4.90 Å². The molecule has 1 fully saturated rings. The lowest BCUT2D eigenvalue weighted by molar-refractivity contribution is -0.384. The van der Waals surface area contributed by atoms with Gasteiger partial charge in [0.1, 0.15) is 5.69 Å². The number of hydrogen-bond donors (Lipinski definition) is 2. The number of amides is 3. The van der Waals surface area contributed by atoms with Crippen molar-refractivity contribution in [3.63, 3.8) is 0 Å². The number of carbonyl (C=O) groups is 3. The molecule has 1 heterocycles. The van der Waals surface area contributed by atoms with Gasteiger partial charge in [-0.1, -0.05) is 0 Å². The van der Waals surface area contributed by atoms with Gasteiger partial charge in [-0.25, -0.2) is 0 Å². The Labute approximate surface area is 179 Å². The van der Waals surface area contributed by atoms with E-state index in [-0.39, 0.29) is 23.1 Å². The molecule has 31 heavy (non-hydrogen) atoms. The second-order valence-electron chi connectivity index (χ2n) is 7.17. The lowest BCUT2D eigenvalue weighted by atomic mass is 10.1. The van der Waals surface area contributed by atoms with Crippen molar-refractivity contribution in [2.45, 2.75) is 13.8 Å². The molecule has 1 saturated heterocycles. The van der Waals surface area contributed by atoms with Gasteiger partial charge in [-0.3, -0.25) is 24.5 Å². The van der Waals surface area contributed by atoms with E-state index in [0.29, 0.717) is 43.2 Å². The van der Waals surface area contributed by atoms with Crippen molar-refractivity contribution < 1.29 is 19.3 Å². The molecule has 0 aromatic heterocycles. The molecule has 0 aliphatic carbocycles. The summed E-state index contributed by atoms with van der Waals surface area (Å²) in [7, 11) is 0. The smallest absolute Gasteiger partial charge is 0.293 e. The summed E-state index contributed by atoms with van der Waals surface area (Å²) in [6.45, 7) is 4.83. The van der Waals surface area contributed by atoms with Crippen molar-refractivity contribution in [3.8, 4) is 0 Å². The number of nitro benzene ring substituents is 1. The van der Waals surface area contributed by atoms with E-state index in [4.69, 9.17) is 0 Å². The minimum Gasteiger partial charge on any atom is -0.362 e. The maximum atomic E-state index is 12.6. The SMILES string of the molecule is CC(=O)Nc1ccc(NC(=O)c2ccc(N3CCN(C(C)=O)CC3)c([N+](=O)[O-])c2)cc1. The van der Waals surface area contributed by atoms with Crippen molar-refractivity contribution in [1.82, 2.24) is 4.90 Å². The molecule has 1 aliphatic rings. The number of nitrogens with zero attached hydrogens (tertiary/aromatic N) is 3. The summed E-state index contributed by atoms with van der Waals surface area (Å²) in [6.07, 6.45) is 0. The minimum atomic E-state index is -0.508. The highest BCUT2D eigenvalue weighted by Gasteiger charge is 2.26. The highest BCUT2D eigenvalue weighted by Crippen LogP contribution is 2.30. The van der Waals surface area contributed by atoms with Gasteiger partial charge in [-0.2, -0.15) is 0 Å². The second kappa shape index (κ2) is 9.24. The number of nitro groups is 1. The maximum absolute atomic E-state index is 12.6. The molecule has 1 aliphatic heterocycles. The van der Waals surface area contributed by atoms with E-state index in [1.165, 1.54) is 19.9 Å². The molecule has 0 atom stereocenters. The van der Waals surface area contributed by atoms with E-state index >= 15 is 0 Å². The first-order valence-electron chi connectivity index (χ1n) is 9.72. The fraction of sp³-hybridized carbons (Fsp3) is 0.286. The Balaban J connectivity index is 1.74. The molecule has 3 amide bonds. The first-order chi connectivity index (χ1) is 14.7. The molecule has 0 bridgehead atoms. The van der Waals surface area contributed by atoms with Crippen LogP contribution in [-0.4, -0.2) is 53.7 Å². The van der Waals surface area contributed by atoms with Crippen LogP contribution in [0.15, 0.2) is 42.5 Å². The van der Waals surface area contributed by atoms with Crippen LogP contribution >= 0.6 is 0 Å². The van der Waals surface area contributed by atoms with Gasteiger partial charge in [-0.15, -0.1) is 0 Å². The summed E-state index contributed by atoms with van der Waals surface area (Å²) in [5.74, 6) is -0.707. The van der Waals surface area contributed by atoms with Crippen LogP contribution in [-0.2, 0) is 9.59 Å². The Hall–Kier alpha value is -3.95. The first kappa shape index (κ1) is 21.8. The van der Waals surface area contributed by atoms with Gasteiger partial charge in [0, 0.05) is 63.0 Å². The Morgan fingerprint density at radius 3 is 2.00 bits per heavy atom. The van der Waals surface area contributed by atoms with Gasteiger partial charge in [0.15, 0.2) is 0 Å². The molecule has 0 unspecified atom stereocenters. The summed E-state index contributed by atoms with van der Waals surface area (Å²) in [6, 6.07) is 10.9. The zero-order valence-corrected chi connectivity index (χ0v) is 17.3. The van der Waals surface area contributed by atoms with Crippen LogP contribution in [0.4, 0.5) is 22.7 Å². The number of rotatable bonds is 5. The Kier molecular flexibility index (Phi) is 6.49. The van der Waals surface area contributed by atoms with E-state index in [2.05, 4.69) is 10.6 Å². The van der Waals surface area contributed by atoms with Gasteiger partial charge in [-0.05, 0) is 36.4 Å². The molecule has 10 heteroatoms. The van der Waals surface area contributed by atoms with E-state index in [1.54, 1.807) is 41.3 Å². The summed E-state index contributed by atoms with van der Waals surface area (Å²) < 4.78 is 0. The predicted molar refractivity (Wildman–Crippen MR) is 116 cm³/mol. The van der Waals surface area contributed by atoms with Crippen LogP contribution < -0.4 is 15.5 Å². The molecule has 0 saturated carbocycles. The number of carbonyl (C=O) groups excluding carboxylic acids is 3. The van der Waals surface area contributed by atoms with Crippen molar-refractivity contribution in [2.24, 2.45) is 0 Å². The first-order valence-corrected chi connectivity index (χ1v) is 9.72. The Bertz CT molecular complexity index is 1010. The topological polar surface area (TPSA) is 125 Å². The molecular formula is C21H23N5O5. The highest BCUT2D eigenvalue weighted by molar-refractivity contribution is 6.05. The van der Waals surface area contributed by atoms with Crippen molar-refractivity contribution in [2.75, 3.05) is 41.7 Å². The maximum Gasteiger partial charge on any atom is 0.293 e. The van der Waals surface area contributed by atoms with Gasteiger partial charge < -0.3 is 20.4 Å². The van der Waals surface area contributed by atoms with Crippen LogP contribution in [0.5, 0.6) is 0 Å². The number of benzene rings is 2. The normalized spacial score (nSPS) is 13.5. The van der Waals surface area contributed by atoms with Gasteiger partial charge in [0.05, 0.1) is 4.92 Å². The zero-order valence-electron chi connectivity index (χ0n) is 17.3. The molecule has 162 valence electrons. The number of nitrogens with one attached hydrogen (secondary N) is 2. The van der Waals surface area contributed by atoms with Crippen molar-refractivity contribution >= 4 is 40.5 Å². The minimum absolute atomic E-state index is 0.0220. The zero-order chi connectivity index (χ0) is 22.5. The van der Waals surface area contributed by atoms with Gasteiger partial charge in [0.25, 0.3) is 11.6 Å². The molecule has 0 spiro atoms. The monoisotopic (exact) mass is 425 g/mol. The molecule has 2 aromatic rings. The van der Waals surface area contributed by atoms with Crippen LogP contribution in [0.2, 0.25) is 0 Å². The number of hydrogen-bond acceptors (Lipinski definition) is 6. The molecule has 2 aromatic carbocycles. The number of piperazine rings is 1. The molecule has 3 rings (SSSR count). The fourth-order valence-electron chi connectivity index (χ4n) is 3.38. The summed E-state index contributed by atoms with van der Waals surface area (Å²) in [5.41, 5.74) is 1.50. The third-order valence-electron chi connectivity index (χ3n) is 4.96. The third-order valence-corrected chi connectivity index (χ3v) is 4.96. The largest absolute Gasteiger partial charge is 0.362 e. The van der Waals surface area contributed by atoms with Gasteiger partial charge >= 0.3 is 0 Å². The van der Waals surface area contributed by atoms with Crippen LogP contribution in [0.25, 0.3) is 0 Å². The predicted octanol–water partition coefficient (Wildman–Crippen LogP) is 2.47. The lowest BCUT2D eigenvalue weighted by Gasteiger charge is -2.35. The second-order valence-corrected chi connectivity index (χ2v) is 7.17. The average Bonchev–Trinajstić information content (AvgIpc) is 2.74.